The molecule has 0 aliphatic carbocycles. The van der Waals surface area contributed by atoms with Crippen molar-refractivity contribution in [2.75, 3.05) is 32.0 Å². The van der Waals surface area contributed by atoms with E-state index in [1.165, 1.54) is 6.07 Å². The fourth-order valence-corrected chi connectivity index (χ4v) is 2.86. The maximum absolute atomic E-state index is 13.3. The molecule has 1 aromatic rings. The monoisotopic (exact) mass is 266 g/mol. The van der Waals surface area contributed by atoms with E-state index in [1.807, 2.05) is 6.07 Å². The molecule has 0 aromatic heterocycles. The third kappa shape index (κ3) is 2.88. The number of likely N-dealkylation sites (tertiary alicyclic amines) is 1. The molecular formula is C14H19FN2O2. The van der Waals surface area contributed by atoms with E-state index >= 15 is 0 Å². The first-order chi connectivity index (χ1) is 9.15. The number of nitrogens with two attached hydrogens (primary N) is 1. The Kier molecular flexibility index (Phi) is 3.43. The Morgan fingerprint density at radius 3 is 2.47 bits per heavy atom. The molecule has 19 heavy (non-hydrogen) atoms. The maximum atomic E-state index is 13.3. The molecule has 2 saturated heterocycles. The molecule has 2 heterocycles. The summed E-state index contributed by atoms with van der Waals surface area (Å²) in [5, 5.41) is 0. The fraction of sp³-hybridized carbons (Fsp3) is 0.571. The Balaban J connectivity index is 1.59. The molecule has 2 fully saturated rings. The molecule has 4 nitrogen and oxygen atoms in total. The highest BCUT2D eigenvalue weighted by atomic mass is 19.1. The highest BCUT2D eigenvalue weighted by molar-refractivity contribution is 5.41. The van der Waals surface area contributed by atoms with Gasteiger partial charge in [-0.05, 0) is 23.8 Å². The zero-order chi connectivity index (χ0) is 13.3. The van der Waals surface area contributed by atoms with Crippen molar-refractivity contribution in [2.24, 2.45) is 0 Å². The van der Waals surface area contributed by atoms with Crippen LogP contribution in [0.15, 0.2) is 18.2 Å². The number of nitrogens with zero attached hydrogens (tertiary/aromatic N) is 1. The summed E-state index contributed by atoms with van der Waals surface area (Å²) in [6.45, 7) is 3.91. The van der Waals surface area contributed by atoms with Crippen molar-refractivity contribution in [1.29, 1.82) is 0 Å². The second-order valence-corrected chi connectivity index (χ2v) is 5.28. The largest absolute Gasteiger partial charge is 0.399 e. The number of rotatable bonds is 2. The third-order valence-electron chi connectivity index (χ3n) is 3.82. The van der Waals surface area contributed by atoms with Crippen molar-refractivity contribution in [2.45, 2.75) is 25.2 Å². The lowest BCUT2D eigenvalue weighted by atomic mass is 10.0. The van der Waals surface area contributed by atoms with E-state index in [0.29, 0.717) is 18.9 Å². The molecule has 1 spiro atoms. The van der Waals surface area contributed by atoms with Gasteiger partial charge >= 0.3 is 0 Å². The summed E-state index contributed by atoms with van der Waals surface area (Å²) in [6, 6.07) is 4.72. The van der Waals surface area contributed by atoms with Crippen molar-refractivity contribution in [3.8, 4) is 0 Å². The van der Waals surface area contributed by atoms with Crippen LogP contribution in [0.4, 0.5) is 10.1 Å². The van der Waals surface area contributed by atoms with Gasteiger partial charge in [0.2, 0.25) is 0 Å². The van der Waals surface area contributed by atoms with Crippen LogP contribution in [0.1, 0.15) is 18.4 Å². The molecule has 104 valence electrons. The van der Waals surface area contributed by atoms with Crippen molar-refractivity contribution >= 4 is 5.69 Å². The van der Waals surface area contributed by atoms with E-state index in [9.17, 15) is 4.39 Å². The number of hydrogen-bond donors (Lipinski definition) is 1. The van der Waals surface area contributed by atoms with Crippen LogP contribution >= 0.6 is 0 Å². The van der Waals surface area contributed by atoms with Crippen molar-refractivity contribution in [3.05, 3.63) is 29.6 Å². The number of anilines is 1. The lowest BCUT2D eigenvalue weighted by molar-refractivity contribution is -0.185. The lowest BCUT2D eigenvalue weighted by Gasteiger charge is -2.37. The Hall–Kier alpha value is -1.17. The summed E-state index contributed by atoms with van der Waals surface area (Å²) in [7, 11) is 0. The first kappa shape index (κ1) is 12.8. The van der Waals surface area contributed by atoms with Crippen LogP contribution in [-0.2, 0) is 16.0 Å². The third-order valence-corrected chi connectivity index (χ3v) is 3.82. The molecule has 1 aromatic carbocycles. The Morgan fingerprint density at radius 1 is 1.16 bits per heavy atom. The highest BCUT2D eigenvalue weighted by Crippen LogP contribution is 2.31. The summed E-state index contributed by atoms with van der Waals surface area (Å²) in [5.74, 6) is -0.622. The molecule has 2 aliphatic heterocycles. The number of nitrogen functional groups attached to an aromatic ring is 1. The van der Waals surface area contributed by atoms with Crippen LogP contribution in [0, 0.1) is 5.82 Å². The van der Waals surface area contributed by atoms with Gasteiger partial charge in [-0.15, -0.1) is 0 Å². The molecule has 0 bridgehead atoms. The molecular weight excluding hydrogens is 247 g/mol. The Bertz CT molecular complexity index is 431. The van der Waals surface area contributed by atoms with Gasteiger partial charge in [-0.1, -0.05) is 0 Å². The minimum Gasteiger partial charge on any atom is -0.399 e. The first-order valence-electron chi connectivity index (χ1n) is 6.70. The van der Waals surface area contributed by atoms with Crippen molar-refractivity contribution in [1.82, 2.24) is 4.90 Å². The van der Waals surface area contributed by atoms with E-state index in [4.69, 9.17) is 15.2 Å². The molecule has 5 heteroatoms. The lowest BCUT2D eigenvalue weighted by Crippen LogP contribution is -2.44. The van der Waals surface area contributed by atoms with Crippen molar-refractivity contribution in [3.63, 3.8) is 0 Å². The highest BCUT2D eigenvalue weighted by Gasteiger charge is 2.39. The van der Waals surface area contributed by atoms with Crippen LogP contribution in [0.25, 0.3) is 0 Å². The SMILES string of the molecule is Nc1cc(F)cc(CN2CCC3(CC2)OCCO3)c1. The number of hydrogen-bond acceptors (Lipinski definition) is 4. The van der Waals surface area contributed by atoms with Crippen LogP contribution in [0.2, 0.25) is 0 Å². The van der Waals surface area contributed by atoms with Crippen LogP contribution in [-0.4, -0.2) is 37.0 Å². The minimum atomic E-state index is -0.350. The van der Waals surface area contributed by atoms with Gasteiger partial charge in [0, 0.05) is 38.2 Å². The summed E-state index contributed by atoms with van der Waals surface area (Å²) in [6.07, 6.45) is 1.75. The van der Waals surface area contributed by atoms with E-state index in [0.717, 1.165) is 38.0 Å². The predicted octanol–water partition coefficient (Wildman–Crippen LogP) is 1.75. The minimum absolute atomic E-state index is 0.272. The average Bonchev–Trinajstić information content (AvgIpc) is 2.80. The van der Waals surface area contributed by atoms with E-state index < -0.39 is 0 Å². The normalized spacial score (nSPS) is 23.0. The van der Waals surface area contributed by atoms with Gasteiger partial charge in [0.05, 0.1) is 13.2 Å². The van der Waals surface area contributed by atoms with Crippen LogP contribution in [0.3, 0.4) is 0 Å². The number of halogens is 1. The number of ether oxygens (including phenoxy) is 2. The molecule has 0 saturated carbocycles. The summed E-state index contributed by atoms with van der Waals surface area (Å²) >= 11 is 0. The second-order valence-electron chi connectivity index (χ2n) is 5.28. The maximum Gasteiger partial charge on any atom is 0.170 e. The molecule has 2 N–H and O–H groups in total. The fourth-order valence-electron chi connectivity index (χ4n) is 2.86. The van der Waals surface area contributed by atoms with Gasteiger partial charge in [0.25, 0.3) is 0 Å². The summed E-state index contributed by atoms with van der Waals surface area (Å²) < 4.78 is 24.7. The number of piperidine rings is 1. The molecule has 0 atom stereocenters. The predicted molar refractivity (Wildman–Crippen MR) is 70.0 cm³/mol. The van der Waals surface area contributed by atoms with Crippen molar-refractivity contribution < 1.29 is 13.9 Å². The second kappa shape index (κ2) is 5.07. The molecule has 3 rings (SSSR count). The topological polar surface area (TPSA) is 47.7 Å². The van der Waals surface area contributed by atoms with E-state index in [1.54, 1.807) is 6.07 Å². The summed E-state index contributed by atoms with van der Waals surface area (Å²) in [4.78, 5) is 2.28. The zero-order valence-electron chi connectivity index (χ0n) is 10.9. The standard InChI is InChI=1S/C14H19FN2O2/c15-12-7-11(8-13(16)9-12)10-17-3-1-14(2-4-17)18-5-6-19-14/h7-9H,1-6,10,16H2. The first-order valence-corrected chi connectivity index (χ1v) is 6.70. The zero-order valence-corrected chi connectivity index (χ0v) is 10.9. The van der Waals surface area contributed by atoms with Crippen LogP contribution < -0.4 is 5.73 Å². The number of benzene rings is 1. The van der Waals surface area contributed by atoms with Gasteiger partial charge in [-0.3, -0.25) is 4.90 Å². The average molecular weight is 266 g/mol. The van der Waals surface area contributed by atoms with E-state index in [-0.39, 0.29) is 11.6 Å². The molecule has 0 amide bonds. The van der Waals surface area contributed by atoms with Gasteiger partial charge in [-0.2, -0.15) is 0 Å². The molecule has 2 aliphatic rings. The van der Waals surface area contributed by atoms with Gasteiger partial charge in [-0.25, -0.2) is 4.39 Å². The van der Waals surface area contributed by atoms with Crippen LogP contribution in [0.5, 0.6) is 0 Å². The van der Waals surface area contributed by atoms with Gasteiger partial charge in [0.1, 0.15) is 5.82 Å². The van der Waals surface area contributed by atoms with E-state index in [2.05, 4.69) is 4.90 Å². The quantitative estimate of drug-likeness (QED) is 0.828. The molecule has 0 radical (unpaired) electrons. The Labute approximate surface area is 112 Å². The molecule has 0 unspecified atom stereocenters. The van der Waals surface area contributed by atoms with Gasteiger partial charge < -0.3 is 15.2 Å². The summed E-state index contributed by atoms with van der Waals surface area (Å²) in [5.41, 5.74) is 7.06. The van der Waals surface area contributed by atoms with Gasteiger partial charge in [0.15, 0.2) is 5.79 Å². The smallest absolute Gasteiger partial charge is 0.170 e. The Morgan fingerprint density at radius 2 is 1.84 bits per heavy atom.